The molecule has 0 amide bonds. The third-order valence-electron chi connectivity index (χ3n) is 3.36. The molecule has 0 saturated heterocycles. The lowest BCUT2D eigenvalue weighted by atomic mass is 10.0. The van der Waals surface area contributed by atoms with Crippen molar-refractivity contribution in [1.29, 1.82) is 0 Å². The van der Waals surface area contributed by atoms with Crippen LogP contribution in [0.3, 0.4) is 0 Å². The number of rotatable bonds is 6. The van der Waals surface area contributed by atoms with E-state index in [9.17, 15) is 0 Å². The van der Waals surface area contributed by atoms with Gasteiger partial charge in [-0.05, 0) is 42.5 Å². The van der Waals surface area contributed by atoms with E-state index in [0.717, 1.165) is 27.1 Å². The third kappa shape index (κ3) is 4.25. The molecule has 0 fully saturated rings. The molecule has 2 unspecified atom stereocenters. The Kier molecular flexibility index (Phi) is 6.15. The average molecular weight is 366 g/mol. The molecule has 0 aliphatic carbocycles. The predicted molar refractivity (Wildman–Crippen MR) is 94.0 cm³/mol. The van der Waals surface area contributed by atoms with E-state index >= 15 is 0 Å². The van der Waals surface area contributed by atoms with E-state index in [2.05, 4.69) is 47.3 Å². The summed E-state index contributed by atoms with van der Waals surface area (Å²) < 4.78 is 7.30. The van der Waals surface area contributed by atoms with Crippen molar-refractivity contribution in [2.24, 2.45) is 5.73 Å². The van der Waals surface area contributed by atoms with Crippen LogP contribution in [0.5, 0.6) is 5.75 Å². The normalized spacial score (nSPS) is 13.7. The van der Waals surface area contributed by atoms with Crippen molar-refractivity contribution in [2.45, 2.75) is 30.4 Å². The molecule has 2 atom stereocenters. The van der Waals surface area contributed by atoms with Crippen molar-refractivity contribution in [3.63, 3.8) is 0 Å². The molecule has 0 aromatic heterocycles. The van der Waals surface area contributed by atoms with Crippen molar-refractivity contribution in [1.82, 2.24) is 0 Å². The van der Waals surface area contributed by atoms with Crippen molar-refractivity contribution in [2.75, 3.05) is 6.26 Å². The van der Waals surface area contributed by atoms with Gasteiger partial charge in [0.15, 0.2) is 0 Å². The molecular formula is C17H20BrNOS. The second-order valence-electron chi connectivity index (χ2n) is 4.82. The topological polar surface area (TPSA) is 35.2 Å². The van der Waals surface area contributed by atoms with Crippen LogP contribution in [0.4, 0.5) is 0 Å². The van der Waals surface area contributed by atoms with Crippen molar-refractivity contribution in [3.8, 4) is 5.75 Å². The van der Waals surface area contributed by atoms with E-state index in [1.807, 2.05) is 30.3 Å². The molecule has 2 aromatic carbocycles. The molecule has 21 heavy (non-hydrogen) atoms. The molecule has 0 aliphatic heterocycles. The van der Waals surface area contributed by atoms with Crippen LogP contribution >= 0.6 is 27.7 Å². The van der Waals surface area contributed by atoms with Crippen LogP contribution in [0.1, 0.15) is 25.0 Å². The highest BCUT2D eigenvalue weighted by Gasteiger charge is 2.21. The minimum atomic E-state index is -0.152. The number of halogens is 1. The van der Waals surface area contributed by atoms with Gasteiger partial charge in [0.2, 0.25) is 0 Å². The Morgan fingerprint density at radius 3 is 2.62 bits per heavy atom. The largest absolute Gasteiger partial charge is 0.483 e. The van der Waals surface area contributed by atoms with E-state index in [0.29, 0.717) is 0 Å². The van der Waals surface area contributed by atoms with Gasteiger partial charge in [-0.2, -0.15) is 0 Å². The fraction of sp³-hybridized carbons (Fsp3) is 0.294. The summed E-state index contributed by atoms with van der Waals surface area (Å²) in [4.78, 5) is 1.13. The highest BCUT2D eigenvalue weighted by molar-refractivity contribution is 9.10. The van der Waals surface area contributed by atoms with Crippen molar-refractivity contribution in [3.05, 3.63) is 58.6 Å². The maximum Gasteiger partial charge on any atom is 0.139 e. The minimum Gasteiger partial charge on any atom is -0.483 e. The van der Waals surface area contributed by atoms with Gasteiger partial charge in [-0.3, -0.25) is 0 Å². The fourth-order valence-corrected chi connectivity index (χ4v) is 3.10. The Hall–Kier alpha value is -0.970. The zero-order valence-corrected chi connectivity index (χ0v) is 14.7. The van der Waals surface area contributed by atoms with E-state index in [1.54, 1.807) is 11.8 Å². The molecule has 2 N–H and O–H groups in total. The van der Waals surface area contributed by atoms with Crippen LogP contribution in [-0.2, 0) is 0 Å². The molecule has 0 bridgehead atoms. The average Bonchev–Trinajstić information content (AvgIpc) is 2.52. The number of benzene rings is 2. The molecule has 2 rings (SSSR count). The smallest absolute Gasteiger partial charge is 0.139 e. The van der Waals surface area contributed by atoms with Gasteiger partial charge in [0.25, 0.3) is 0 Å². The first kappa shape index (κ1) is 16.4. The third-order valence-corrected chi connectivity index (χ3v) is 4.63. The number of para-hydroxylation sites is 1. The maximum atomic E-state index is 6.29. The summed E-state index contributed by atoms with van der Waals surface area (Å²) in [7, 11) is 0. The van der Waals surface area contributed by atoms with Gasteiger partial charge >= 0.3 is 0 Å². The molecule has 4 heteroatoms. The second-order valence-corrected chi connectivity index (χ2v) is 6.58. The van der Waals surface area contributed by atoms with Crippen LogP contribution in [0.25, 0.3) is 0 Å². The van der Waals surface area contributed by atoms with Gasteiger partial charge in [-0.25, -0.2) is 0 Å². The molecule has 0 saturated carbocycles. The summed E-state index contributed by atoms with van der Waals surface area (Å²) >= 11 is 5.19. The lowest BCUT2D eigenvalue weighted by Gasteiger charge is -2.26. The van der Waals surface area contributed by atoms with E-state index in [4.69, 9.17) is 10.5 Å². The van der Waals surface area contributed by atoms with Crippen molar-refractivity contribution >= 4 is 27.7 Å². The van der Waals surface area contributed by atoms with E-state index < -0.39 is 0 Å². The zero-order chi connectivity index (χ0) is 15.2. The SMILES string of the molecule is CCC(N)C(Oc1ccccc1SC)c1cccc(Br)c1. The molecule has 2 aromatic rings. The summed E-state index contributed by atoms with van der Waals surface area (Å²) in [5.74, 6) is 0.888. The molecule has 0 aliphatic rings. The minimum absolute atomic E-state index is 0.0470. The fourth-order valence-electron chi connectivity index (χ4n) is 2.15. The first-order valence-corrected chi connectivity index (χ1v) is 8.98. The Morgan fingerprint density at radius 2 is 1.95 bits per heavy atom. The van der Waals surface area contributed by atoms with Gasteiger partial charge in [-0.1, -0.05) is 47.1 Å². The number of hydrogen-bond donors (Lipinski definition) is 1. The summed E-state index contributed by atoms with van der Waals surface area (Å²) in [6, 6.07) is 16.2. The summed E-state index contributed by atoms with van der Waals surface area (Å²) in [5.41, 5.74) is 7.38. The number of nitrogens with two attached hydrogens (primary N) is 1. The quantitative estimate of drug-likeness (QED) is 0.729. The molecular weight excluding hydrogens is 346 g/mol. The Morgan fingerprint density at radius 1 is 1.19 bits per heavy atom. The van der Waals surface area contributed by atoms with Crippen LogP contribution in [0, 0.1) is 0 Å². The number of hydrogen-bond acceptors (Lipinski definition) is 3. The van der Waals surface area contributed by atoms with Gasteiger partial charge in [-0.15, -0.1) is 11.8 Å². The monoisotopic (exact) mass is 365 g/mol. The predicted octanol–water partition coefficient (Wildman–Crippen LogP) is 5.03. The van der Waals surface area contributed by atoms with Crippen LogP contribution < -0.4 is 10.5 Å². The maximum absolute atomic E-state index is 6.29. The molecule has 112 valence electrons. The van der Waals surface area contributed by atoms with Gasteiger partial charge in [0.05, 0.1) is 0 Å². The Labute approximate surface area is 139 Å². The van der Waals surface area contributed by atoms with E-state index in [1.165, 1.54) is 0 Å². The first-order chi connectivity index (χ1) is 10.2. The lowest BCUT2D eigenvalue weighted by molar-refractivity contribution is 0.166. The summed E-state index contributed by atoms with van der Waals surface area (Å²) in [6.45, 7) is 2.08. The van der Waals surface area contributed by atoms with Crippen LogP contribution in [-0.4, -0.2) is 12.3 Å². The Balaban J connectivity index is 2.33. The van der Waals surface area contributed by atoms with Crippen LogP contribution in [0.2, 0.25) is 0 Å². The van der Waals surface area contributed by atoms with Gasteiger partial charge in [0.1, 0.15) is 11.9 Å². The molecule has 0 spiro atoms. The number of ether oxygens (including phenoxy) is 1. The van der Waals surface area contributed by atoms with Crippen molar-refractivity contribution < 1.29 is 4.74 Å². The summed E-state index contributed by atoms with van der Waals surface area (Å²) in [6.07, 6.45) is 2.76. The second kappa shape index (κ2) is 7.87. The lowest BCUT2D eigenvalue weighted by Crippen LogP contribution is -2.31. The van der Waals surface area contributed by atoms with Gasteiger partial charge in [0, 0.05) is 15.4 Å². The molecule has 0 heterocycles. The van der Waals surface area contributed by atoms with E-state index in [-0.39, 0.29) is 12.1 Å². The van der Waals surface area contributed by atoms with Gasteiger partial charge < -0.3 is 10.5 Å². The number of thioether (sulfide) groups is 1. The molecule has 0 radical (unpaired) electrons. The standard InChI is InChI=1S/C17H20BrNOS/c1-3-14(19)17(12-7-6-8-13(18)11-12)20-15-9-4-5-10-16(15)21-2/h4-11,14,17H,3,19H2,1-2H3. The van der Waals surface area contributed by atoms with Crippen LogP contribution in [0.15, 0.2) is 57.9 Å². The first-order valence-electron chi connectivity index (χ1n) is 6.96. The highest BCUT2D eigenvalue weighted by Crippen LogP contribution is 2.33. The molecule has 2 nitrogen and oxygen atoms in total. The zero-order valence-electron chi connectivity index (χ0n) is 12.3. The highest BCUT2D eigenvalue weighted by atomic mass is 79.9. The summed E-state index contributed by atoms with van der Waals surface area (Å²) in [5, 5.41) is 0. The Bertz CT molecular complexity index is 591.